The molecule has 0 aliphatic heterocycles. The van der Waals surface area contributed by atoms with Crippen LogP contribution in [-0.4, -0.2) is 44.8 Å². The van der Waals surface area contributed by atoms with E-state index in [1.807, 2.05) is 32.0 Å². The largest absolute Gasteiger partial charge is 0.466 e. The van der Waals surface area contributed by atoms with Gasteiger partial charge in [0.05, 0.1) is 12.7 Å². The molecule has 1 rings (SSSR count). The summed E-state index contributed by atoms with van der Waals surface area (Å²) in [4.78, 5) is 15.8. The molecule has 1 aromatic carbocycles. The standard InChI is InChI=1S/C20H33N3O3/c1-4-21-20(22-14-9-13-19(24)25-5-2)23-15-10-16-26-17(3)18-11-7-6-8-12-18/h6-8,11-12,17H,4-5,9-10,13-16H2,1-3H3,(H2,21,22,23). The SMILES string of the molecule is CCNC(=NCCCC(=O)OCC)NCCCOC(C)c1ccccc1. The Morgan fingerprint density at radius 1 is 1.15 bits per heavy atom. The number of nitrogens with one attached hydrogen (secondary N) is 2. The summed E-state index contributed by atoms with van der Waals surface area (Å²) in [5, 5.41) is 6.49. The van der Waals surface area contributed by atoms with Crippen LogP contribution in [-0.2, 0) is 14.3 Å². The third kappa shape index (κ3) is 10.0. The summed E-state index contributed by atoms with van der Waals surface area (Å²) in [5.41, 5.74) is 1.19. The Labute approximate surface area is 157 Å². The predicted octanol–water partition coefficient (Wildman–Crippen LogP) is 3.05. The Hall–Kier alpha value is -2.08. The molecule has 0 bridgehead atoms. The van der Waals surface area contributed by atoms with Crippen molar-refractivity contribution >= 4 is 11.9 Å². The molecule has 0 saturated heterocycles. The second-order valence-electron chi connectivity index (χ2n) is 5.87. The van der Waals surface area contributed by atoms with E-state index in [2.05, 4.69) is 34.7 Å². The average molecular weight is 364 g/mol. The lowest BCUT2D eigenvalue weighted by Crippen LogP contribution is -2.38. The molecule has 1 aromatic rings. The molecule has 0 aliphatic rings. The van der Waals surface area contributed by atoms with Crippen LogP contribution in [0.2, 0.25) is 0 Å². The number of benzene rings is 1. The zero-order chi connectivity index (χ0) is 19.0. The second kappa shape index (κ2) is 14.1. The van der Waals surface area contributed by atoms with Gasteiger partial charge in [-0.1, -0.05) is 30.3 Å². The van der Waals surface area contributed by atoms with E-state index in [-0.39, 0.29) is 12.1 Å². The summed E-state index contributed by atoms with van der Waals surface area (Å²) in [6.45, 7) is 9.20. The number of rotatable bonds is 12. The summed E-state index contributed by atoms with van der Waals surface area (Å²) >= 11 is 0. The number of ether oxygens (including phenoxy) is 2. The smallest absolute Gasteiger partial charge is 0.305 e. The number of carbonyl (C=O) groups excluding carboxylic acids is 1. The van der Waals surface area contributed by atoms with Gasteiger partial charge in [-0.05, 0) is 39.2 Å². The van der Waals surface area contributed by atoms with Gasteiger partial charge >= 0.3 is 5.97 Å². The van der Waals surface area contributed by atoms with E-state index in [1.165, 1.54) is 5.56 Å². The molecule has 0 radical (unpaired) electrons. The van der Waals surface area contributed by atoms with Gasteiger partial charge in [-0.15, -0.1) is 0 Å². The fourth-order valence-corrected chi connectivity index (χ4v) is 2.35. The minimum Gasteiger partial charge on any atom is -0.466 e. The molecule has 0 heterocycles. The molecule has 1 unspecified atom stereocenters. The van der Waals surface area contributed by atoms with Gasteiger partial charge in [0.15, 0.2) is 5.96 Å². The Morgan fingerprint density at radius 2 is 1.92 bits per heavy atom. The summed E-state index contributed by atoms with van der Waals surface area (Å²) in [6, 6.07) is 10.2. The highest BCUT2D eigenvalue weighted by Gasteiger charge is 2.05. The van der Waals surface area contributed by atoms with Gasteiger partial charge in [-0.2, -0.15) is 0 Å². The summed E-state index contributed by atoms with van der Waals surface area (Å²) in [7, 11) is 0. The molecule has 0 saturated carbocycles. The first-order chi connectivity index (χ1) is 12.7. The zero-order valence-corrected chi connectivity index (χ0v) is 16.3. The maximum absolute atomic E-state index is 11.3. The van der Waals surface area contributed by atoms with Crippen LogP contribution < -0.4 is 10.6 Å². The van der Waals surface area contributed by atoms with E-state index in [0.29, 0.717) is 32.6 Å². The molecule has 2 N–H and O–H groups in total. The Kier molecular flexibility index (Phi) is 11.9. The fourth-order valence-electron chi connectivity index (χ4n) is 2.35. The number of guanidine groups is 1. The first kappa shape index (κ1) is 22.0. The van der Waals surface area contributed by atoms with E-state index < -0.39 is 0 Å². The quantitative estimate of drug-likeness (QED) is 0.258. The van der Waals surface area contributed by atoms with E-state index in [9.17, 15) is 4.79 Å². The number of carbonyl (C=O) groups is 1. The maximum Gasteiger partial charge on any atom is 0.305 e. The first-order valence-electron chi connectivity index (χ1n) is 9.51. The lowest BCUT2D eigenvalue weighted by Gasteiger charge is -2.14. The maximum atomic E-state index is 11.3. The van der Waals surface area contributed by atoms with Crippen molar-refractivity contribution in [2.45, 2.75) is 46.1 Å². The van der Waals surface area contributed by atoms with Gasteiger partial charge in [-0.3, -0.25) is 9.79 Å². The molecule has 0 aliphatic carbocycles. The molecule has 0 aromatic heterocycles. The van der Waals surface area contributed by atoms with Crippen LogP contribution in [0, 0.1) is 0 Å². The fraction of sp³-hybridized carbons (Fsp3) is 0.600. The van der Waals surface area contributed by atoms with Gasteiger partial charge in [0.2, 0.25) is 0 Å². The third-order valence-electron chi connectivity index (χ3n) is 3.71. The first-order valence-corrected chi connectivity index (χ1v) is 9.51. The van der Waals surface area contributed by atoms with Crippen molar-refractivity contribution in [3.05, 3.63) is 35.9 Å². The molecule has 0 spiro atoms. The van der Waals surface area contributed by atoms with Crippen molar-refractivity contribution in [1.82, 2.24) is 10.6 Å². The van der Waals surface area contributed by atoms with Crippen LogP contribution in [0.3, 0.4) is 0 Å². The predicted molar refractivity (Wildman–Crippen MR) is 105 cm³/mol. The highest BCUT2D eigenvalue weighted by Crippen LogP contribution is 2.15. The molecule has 146 valence electrons. The van der Waals surface area contributed by atoms with Gasteiger partial charge < -0.3 is 20.1 Å². The molecule has 6 heteroatoms. The third-order valence-corrected chi connectivity index (χ3v) is 3.71. The van der Waals surface area contributed by atoms with E-state index in [0.717, 1.165) is 25.5 Å². The lowest BCUT2D eigenvalue weighted by atomic mass is 10.1. The van der Waals surface area contributed by atoms with Crippen LogP contribution in [0.5, 0.6) is 0 Å². The van der Waals surface area contributed by atoms with Crippen molar-refractivity contribution in [1.29, 1.82) is 0 Å². The molecule has 6 nitrogen and oxygen atoms in total. The molecule has 0 amide bonds. The monoisotopic (exact) mass is 363 g/mol. The van der Waals surface area contributed by atoms with Gasteiger partial charge in [0.1, 0.15) is 0 Å². The van der Waals surface area contributed by atoms with Crippen molar-refractivity contribution < 1.29 is 14.3 Å². The van der Waals surface area contributed by atoms with E-state index >= 15 is 0 Å². The number of hydrogen-bond acceptors (Lipinski definition) is 4. The van der Waals surface area contributed by atoms with Crippen molar-refractivity contribution in [2.24, 2.45) is 4.99 Å². The van der Waals surface area contributed by atoms with Crippen molar-refractivity contribution in [3.63, 3.8) is 0 Å². The highest BCUT2D eigenvalue weighted by molar-refractivity contribution is 5.79. The number of nitrogens with zero attached hydrogens (tertiary/aromatic N) is 1. The second-order valence-corrected chi connectivity index (χ2v) is 5.87. The van der Waals surface area contributed by atoms with Gasteiger partial charge in [-0.25, -0.2) is 0 Å². The molecular formula is C20H33N3O3. The minimum absolute atomic E-state index is 0.0981. The molecule has 0 fully saturated rings. The summed E-state index contributed by atoms with van der Waals surface area (Å²) in [6.07, 6.45) is 2.08. The Morgan fingerprint density at radius 3 is 2.62 bits per heavy atom. The average Bonchev–Trinajstić information content (AvgIpc) is 2.65. The van der Waals surface area contributed by atoms with Crippen LogP contribution in [0.1, 0.15) is 51.7 Å². The number of esters is 1. The Bertz CT molecular complexity index is 520. The van der Waals surface area contributed by atoms with Gasteiger partial charge in [0, 0.05) is 32.7 Å². The van der Waals surface area contributed by atoms with Crippen LogP contribution in [0.25, 0.3) is 0 Å². The van der Waals surface area contributed by atoms with Crippen LogP contribution in [0.4, 0.5) is 0 Å². The van der Waals surface area contributed by atoms with Crippen molar-refractivity contribution in [2.75, 3.05) is 32.8 Å². The van der Waals surface area contributed by atoms with Crippen LogP contribution in [0.15, 0.2) is 35.3 Å². The lowest BCUT2D eigenvalue weighted by molar-refractivity contribution is -0.143. The Balaban J connectivity index is 2.20. The normalized spacial score (nSPS) is 12.5. The zero-order valence-electron chi connectivity index (χ0n) is 16.3. The molecule has 1 atom stereocenters. The topological polar surface area (TPSA) is 72.0 Å². The van der Waals surface area contributed by atoms with Gasteiger partial charge in [0.25, 0.3) is 0 Å². The summed E-state index contributed by atoms with van der Waals surface area (Å²) in [5.74, 6) is 0.609. The summed E-state index contributed by atoms with van der Waals surface area (Å²) < 4.78 is 10.8. The molecular weight excluding hydrogens is 330 g/mol. The molecule has 26 heavy (non-hydrogen) atoms. The van der Waals surface area contributed by atoms with E-state index in [1.54, 1.807) is 0 Å². The van der Waals surface area contributed by atoms with Crippen molar-refractivity contribution in [3.8, 4) is 0 Å². The minimum atomic E-state index is -0.162. The van der Waals surface area contributed by atoms with E-state index in [4.69, 9.17) is 9.47 Å². The number of hydrogen-bond donors (Lipinski definition) is 2. The number of aliphatic imine (C=N–C) groups is 1. The highest BCUT2D eigenvalue weighted by atomic mass is 16.5. The van der Waals surface area contributed by atoms with Crippen LogP contribution >= 0.6 is 0 Å².